The van der Waals surface area contributed by atoms with E-state index < -0.39 is 26.6 Å². The molecule has 0 radical (unpaired) electrons. The minimum Gasteiger partial charge on any atom is -0.318 e. The molecule has 8 heteroatoms. The predicted octanol–water partition coefficient (Wildman–Crippen LogP) is 2.10. The number of halogens is 3. The van der Waals surface area contributed by atoms with Crippen LogP contribution in [0, 0.1) is 11.6 Å². The molecule has 0 aliphatic carbocycles. The number of rotatable bonds is 4. The molecule has 1 atom stereocenters. The summed E-state index contributed by atoms with van der Waals surface area (Å²) in [5.41, 5.74) is 0. The minimum atomic E-state index is -4.02. The Morgan fingerprint density at radius 3 is 2.75 bits per heavy atom. The zero-order valence-electron chi connectivity index (χ0n) is 10.9. The first kappa shape index (κ1) is 15.8. The lowest BCUT2D eigenvalue weighted by Crippen LogP contribution is -2.41. The molecule has 112 valence electrons. The molecule has 20 heavy (non-hydrogen) atoms. The molecule has 4 nitrogen and oxygen atoms in total. The van der Waals surface area contributed by atoms with E-state index in [9.17, 15) is 17.2 Å². The van der Waals surface area contributed by atoms with Gasteiger partial charge in [0.1, 0.15) is 16.5 Å². The third-order valence-electron chi connectivity index (χ3n) is 3.32. The van der Waals surface area contributed by atoms with Crippen LogP contribution in [-0.4, -0.2) is 38.9 Å². The lowest BCUT2D eigenvalue weighted by atomic mass is 10.2. The molecule has 0 saturated carbocycles. The van der Waals surface area contributed by atoms with Gasteiger partial charge in [0.25, 0.3) is 0 Å². The number of nitrogens with one attached hydrogen (secondary N) is 1. The van der Waals surface area contributed by atoms with Crippen LogP contribution in [0.1, 0.15) is 12.8 Å². The third-order valence-corrected chi connectivity index (χ3v) is 5.90. The highest BCUT2D eigenvalue weighted by atomic mass is 79.9. The molecular formula is C12H15BrF2N2O2S. The van der Waals surface area contributed by atoms with Crippen LogP contribution < -0.4 is 5.32 Å². The highest BCUT2D eigenvalue weighted by Gasteiger charge is 2.36. The summed E-state index contributed by atoms with van der Waals surface area (Å²) in [6.07, 6.45) is 1.42. The van der Waals surface area contributed by atoms with E-state index in [0.717, 1.165) is 12.1 Å². The fourth-order valence-corrected chi connectivity index (χ4v) is 4.46. The predicted molar refractivity (Wildman–Crippen MR) is 74.9 cm³/mol. The fourth-order valence-electron chi connectivity index (χ4n) is 2.39. The van der Waals surface area contributed by atoms with Crippen molar-refractivity contribution in [2.75, 3.05) is 20.1 Å². The maximum atomic E-state index is 13.9. The van der Waals surface area contributed by atoms with Crippen molar-refractivity contribution in [3.8, 4) is 0 Å². The molecular weight excluding hydrogens is 354 g/mol. The SMILES string of the molecule is CNCC1CCCN1S(=O)(=O)c1cc(F)c(Br)cc1F. The summed E-state index contributed by atoms with van der Waals surface area (Å²) in [7, 11) is -2.30. The van der Waals surface area contributed by atoms with Crippen LogP contribution in [0.25, 0.3) is 0 Å². The summed E-state index contributed by atoms with van der Waals surface area (Å²) in [5, 5.41) is 2.92. The van der Waals surface area contributed by atoms with Crippen LogP contribution in [0.2, 0.25) is 0 Å². The summed E-state index contributed by atoms with van der Waals surface area (Å²) in [6, 6.07) is 1.34. The molecule has 0 aromatic heterocycles. The van der Waals surface area contributed by atoms with Gasteiger partial charge in [0.15, 0.2) is 0 Å². The van der Waals surface area contributed by atoms with Gasteiger partial charge in [-0.15, -0.1) is 0 Å². The Labute approximate surface area is 125 Å². The summed E-state index contributed by atoms with van der Waals surface area (Å²) in [4.78, 5) is -0.610. The van der Waals surface area contributed by atoms with Crippen molar-refractivity contribution < 1.29 is 17.2 Å². The lowest BCUT2D eigenvalue weighted by molar-refractivity contribution is 0.376. The quantitative estimate of drug-likeness (QED) is 0.828. The highest BCUT2D eigenvalue weighted by Crippen LogP contribution is 2.29. The van der Waals surface area contributed by atoms with Gasteiger partial charge in [0.2, 0.25) is 10.0 Å². The second kappa shape index (κ2) is 6.05. The van der Waals surface area contributed by atoms with Crippen molar-refractivity contribution in [1.82, 2.24) is 9.62 Å². The van der Waals surface area contributed by atoms with Gasteiger partial charge >= 0.3 is 0 Å². The number of likely N-dealkylation sites (N-methyl/N-ethyl adjacent to an activating group) is 1. The van der Waals surface area contributed by atoms with Crippen molar-refractivity contribution in [1.29, 1.82) is 0 Å². The van der Waals surface area contributed by atoms with Gasteiger partial charge in [-0.25, -0.2) is 17.2 Å². The van der Waals surface area contributed by atoms with E-state index in [0.29, 0.717) is 25.9 Å². The van der Waals surface area contributed by atoms with Crippen molar-refractivity contribution in [3.05, 3.63) is 28.2 Å². The first-order valence-electron chi connectivity index (χ1n) is 6.19. The van der Waals surface area contributed by atoms with Gasteiger partial charge < -0.3 is 5.32 Å². The molecule has 1 N–H and O–H groups in total. The number of hydrogen-bond donors (Lipinski definition) is 1. The van der Waals surface area contributed by atoms with E-state index in [1.807, 2.05) is 0 Å². The normalized spacial score (nSPS) is 20.5. The highest BCUT2D eigenvalue weighted by molar-refractivity contribution is 9.10. The molecule has 0 spiro atoms. The van der Waals surface area contributed by atoms with Crippen LogP contribution in [0.15, 0.2) is 21.5 Å². The molecule has 1 heterocycles. The molecule has 1 aliphatic rings. The summed E-state index contributed by atoms with van der Waals surface area (Å²) >= 11 is 2.83. The van der Waals surface area contributed by atoms with Crippen molar-refractivity contribution in [2.45, 2.75) is 23.8 Å². The van der Waals surface area contributed by atoms with Gasteiger partial charge in [-0.2, -0.15) is 4.31 Å². The van der Waals surface area contributed by atoms with Gasteiger partial charge in [-0.3, -0.25) is 0 Å². The van der Waals surface area contributed by atoms with Gasteiger partial charge in [-0.05, 0) is 48.0 Å². The van der Waals surface area contributed by atoms with Crippen molar-refractivity contribution >= 4 is 26.0 Å². The number of benzene rings is 1. The van der Waals surface area contributed by atoms with Crippen LogP contribution in [0.3, 0.4) is 0 Å². The Morgan fingerprint density at radius 2 is 2.10 bits per heavy atom. The fraction of sp³-hybridized carbons (Fsp3) is 0.500. The molecule has 1 fully saturated rings. The molecule has 0 amide bonds. The number of hydrogen-bond acceptors (Lipinski definition) is 3. The first-order valence-corrected chi connectivity index (χ1v) is 8.42. The van der Waals surface area contributed by atoms with Crippen LogP contribution in [0.4, 0.5) is 8.78 Å². The molecule has 1 saturated heterocycles. The standard InChI is InChI=1S/C12H15BrF2N2O2S/c1-16-7-8-3-2-4-17(8)20(18,19)12-6-10(14)9(13)5-11(12)15/h5-6,8,16H,2-4,7H2,1H3. The lowest BCUT2D eigenvalue weighted by Gasteiger charge is -2.24. The van der Waals surface area contributed by atoms with Crippen molar-refractivity contribution in [2.24, 2.45) is 0 Å². The van der Waals surface area contributed by atoms with Crippen LogP contribution >= 0.6 is 15.9 Å². The largest absolute Gasteiger partial charge is 0.318 e. The average Bonchev–Trinajstić information content (AvgIpc) is 2.83. The third kappa shape index (κ3) is 2.88. The minimum absolute atomic E-state index is 0.0952. The zero-order chi connectivity index (χ0) is 14.9. The summed E-state index contributed by atoms with van der Waals surface area (Å²) < 4.78 is 53.5. The molecule has 0 bridgehead atoms. The van der Waals surface area contributed by atoms with E-state index >= 15 is 0 Å². The Bertz CT molecular complexity index is 610. The van der Waals surface area contributed by atoms with Crippen molar-refractivity contribution in [3.63, 3.8) is 0 Å². The molecule has 1 aromatic rings. The van der Waals surface area contributed by atoms with Crippen LogP contribution in [-0.2, 0) is 10.0 Å². The van der Waals surface area contributed by atoms with E-state index in [1.165, 1.54) is 4.31 Å². The Balaban J connectivity index is 2.42. The average molecular weight is 369 g/mol. The van der Waals surface area contributed by atoms with E-state index in [1.54, 1.807) is 7.05 Å². The summed E-state index contributed by atoms with van der Waals surface area (Å²) in [5.74, 6) is -1.75. The van der Waals surface area contributed by atoms with Gasteiger partial charge in [0, 0.05) is 19.1 Å². The maximum absolute atomic E-state index is 13.9. The maximum Gasteiger partial charge on any atom is 0.246 e. The van der Waals surface area contributed by atoms with E-state index in [4.69, 9.17) is 0 Å². The van der Waals surface area contributed by atoms with Gasteiger partial charge in [0.05, 0.1) is 4.47 Å². The zero-order valence-corrected chi connectivity index (χ0v) is 13.3. The number of sulfonamides is 1. The smallest absolute Gasteiger partial charge is 0.246 e. The molecule has 1 aromatic carbocycles. The summed E-state index contributed by atoms with van der Waals surface area (Å²) in [6.45, 7) is 0.811. The molecule has 2 rings (SSSR count). The topological polar surface area (TPSA) is 49.4 Å². The Morgan fingerprint density at radius 1 is 1.40 bits per heavy atom. The Kier molecular flexibility index (Phi) is 4.78. The molecule has 1 unspecified atom stereocenters. The first-order chi connectivity index (χ1) is 9.37. The number of nitrogens with zero attached hydrogens (tertiary/aromatic N) is 1. The second-order valence-electron chi connectivity index (χ2n) is 4.67. The van der Waals surface area contributed by atoms with Gasteiger partial charge in [-0.1, -0.05) is 0 Å². The second-order valence-corrected chi connectivity index (χ2v) is 7.38. The Hall–Kier alpha value is -0.570. The van der Waals surface area contributed by atoms with E-state index in [2.05, 4.69) is 21.2 Å². The molecule has 1 aliphatic heterocycles. The van der Waals surface area contributed by atoms with Crippen LogP contribution in [0.5, 0.6) is 0 Å². The monoisotopic (exact) mass is 368 g/mol. The van der Waals surface area contributed by atoms with E-state index in [-0.39, 0.29) is 10.5 Å².